The zero-order valence-electron chi connectivity index (χ0n) is 11.4. The number of fused-ring (bicyclic) bond motifs is 1. The first-order valence-corrected chi connectivity index (χ1v) is 7.53. The third kappa shape index (κ3) is 2.70. The minimum absolute atomic E-state index is 0.0107. The lowest BCUT2D eigenvalue weighted by Gasteiger charge is -2.19. The number of ether oxygens (including phenoxy) is 1. The maximum atomic E-state index is 12.5. The molecule has 7 heteroatoms. The summed E-state index contributed by atoms with van der Waals surface area (Å²) in [5.41, 5.74) is 0. The van der Waals surface area contributed by atoms with Gasteiger partial charge in [0.15, 0.2) is 5.82 Å². The number of halogens is 2. The number of hydrogen-bond acceptors (Lipinski definition) is 4. The van der Waals surface area contributed by atoms with Crippen molar-refractivity contribution in [3.05, 3.63) is 18.2 Å². The molecule has 1 aromatic carbocycles. The van der Waals surface area contributed by atoms with Crippen LogP contribution < -0.4 is 9.64 Å². The van der Waals surface area contributed by atoms with E-state index in [0.717, 1.165) is 17.5 Å². The second-order valence-corrected chi connectivity index (χ2v) is 5.68. The first-order chi connectivity index (χ1) is 10.1. The Labute approximate surface area is 124 Å². The minimum Gasteiger partial charge on any atom is -0.434 e. The molecule has 21 heavy (non-hydrogen) atoms. The summed E-state index contributed by atoms with van der Waals surface area (Å²) in [5.74, 6) is 0.542. The van der Waals surface area contributed by atoms with E-state index >= 15 is 0 Å². The number of rotatable bonds is 5. The highest BCUT2D eigenvalue weighted by molar-refractivity contribution is 7.13. The molecule has 0 aliphatic heterocycles. The molecule has 1 aliphatic carbocycles. The highest BCUT2D eigenvalue weighted by atomic mass is 32.1. The predicted molar refractivity (Wildman–Crippen MR) is 77.0 cm³/mol. The molecule has 1 heterocycles. The second-order valence-electron chi connectivity index (χ2n) is 4.87. The van der Waals surface area contributed by atoms with Gasteiger partial charge in [0, 0.05) is 12.5 Å². The van der Waals surface area contributed by atoms with Crippen LogP contribution in [-0.4, -0.2) is 23.4 Å². The van der Waals surface area contributed by atoms with Crippen molar-refractivity contribution in [1.82, 2.24) is 4.37 Å². The van der Waals surface area contributed by atoms with Gasteiger partial charge >= 0.3 is 6.61 Å². The van der Waals surface area contributed by atoms with Crippen molar-refractivity contribution >= 4 is 33.3 Å². The number of nitrogens with zero attached hydrogens (tertiary/aromatic N) is 2. The maximum Gasteiger partial charge on any atom is 0.387 e. The monoisotopic (exact) mass is 312 g/mol. The van der Waals surface area contributed by atoms with Crippen molar-refractivity contribution in [2.24, 2.45) is 5.92 Å². The highest BCUT2D eigenvalue weighted by Gasteiger charge is 2.35. The first kappa shape index (κ1) is 14.2. The van der Waals surface area contributed by atoms with Crippen LogP contribution in [0.1, 0.15) is 19.8 Å². The van der Waals surface area contributed by atoms with Crippen molar-refractivity contribution in [2.75, 3.05) is 11.4 Å². The van der Waals surface area contributed by atoms with Gasteiger partial charge in [-0.05, 0) is 43.4 Å². The van der Waals surface area contributed by atoms with Crippen molar-refractivity contribution in [3.63, 3.8) is 0 Å². The number of carbonyl (C=O) groups excluding carboxylic acids is 1. The third-order valence-electron chi connectivity index (χ3n) is 3.42. The Kier molecular flexibility index (Phi) is 3.75. The average molecular weight is 312 g/mol. The van der Waals surface area contributed by atoms with E-state index in [1.807, 2.05) is 6.92 Å². The van der Waals surface area contributed by atoms with Crippen LogP contribution in [0.2, 0.25) is 0 Å². The number of carbonyl (C=O) groups is 1. The van der Waals surface area contributed by atoms with Crippen LogP contribution >= 0.6 is 11.5 Å². The van der Waals surface area contributed by atoms with Gasteiger partial charge in [-0.25, -0.2) is 0 Å². The summed E-state index contributed by atoms with van der Waals surface area (Å²) < 4.78 is 34.7. The van der Waals surface area contributed by atoms with Crippen LogP contribution in [0, 0.1) is 5.92 Å². The molecule has 0 N–H and O–H groups in total. The molecule has 0 spiro atoms. The zero-order valence-corrected chi connectivity index (χ0v) is 12.2. The van der Waals surface area contributed by atoms with Crippen molar-refractivity contribution in [1.29, 1.82) is 0 Å². The fourth-order valence-corrected chi connectivity index (χ4v) is 3.08. The molecule has 2 aromatic rings. The summed E-state index contributed by atoms with van der Waals surface area (Å²) in [7, 11) is 0. The lowest BCUT2D eigenvalue weighted by atomic mass is 10.2. The van der Waals surface area contributed by atoms with Gasteiger partial charge in [-0.2, -0.15) is 13.2 Å². The molecule has 0 radical (unpaired) electrons. The van der Waals surface area contributed by atoms with Crippen LogP contribution in [0.15, 0.2) is 18.2 Å². The molecule has 0 unspecified atom stereocenters. The molecule has 0 bridgehead atoms. The van der Waals surface area contributed by atoms with E-state index in [4.69, 9.17) is 0 Å². The van der Waals surface area contributed by atoms with Gasteiger partial charge < -0.3 is 4.74 Å². The number of hydrogen-bond donors (Lipinski definition) is 0. The lowest BCUT2D eigenvalue weighted by molar-refractivity contribution is -0.119. The summed E-state index contributed by atoms with van der Waals surface area (Å²) in [6.07, 6.45) is 1.77. The molecule has 112 valence electrons. The number of amides is 1. The van der Waals surface area contributed by atoms with Gasteiger partial charge in [-0.1, -0.05) is 6.07 Å². The van der Waals surface area contributed by atoms with Crippen LogP contribution in [0.25, 0.3) is 10.1 Å². The SMILES string of the molecule is CCN(C(=O)C1CC1)c1nsc2cccc(OC(F)F)c12. The van der Waals surface area contributed by atoms with E-state index < -0.39 is 6.61 Å². The number of aromatic nitrogens is 1. The van der Waals surface area contributed by atoms with E-state index in [0.29, 0.717) is 17.7 Å². The van der Waals surface area contributed by atoms with Crippen LogP contribution in [-0.2, 0) is 4.79 Å². The van der Waals surface area contributed by atoms with E-state index in [9.17, 15) is 13.6 Å². The number of anilines is 1. The quantitative estimate of drug-likeness (QED) is 0.846. The fourth-order valence-electron chi connectivity index (χ4n) is 2.28. The molecule has 0 atom stereocenters. The molecular formula is C14H14F2N2O2S. The Bertz CT molecular complexity index is 670. The van der Waals surface area contributed by atoms with Gasteiger partial charge in [0.1, 0.15) is 5.75 Å². The van der Waals surface area contributed by atoms with E-state index in [-0.39, 0.29) is 17.6 Å². The van der Waals surface area contributed by atoms with Gasteiger partial charge in [0.25, 0.3) is 0 Å². The molecule has 0 saturated heterocycles. The van der Waals surface area contributed by atoms with E-state index in [2.05, 4.69) is 9.11 Å². The lowest BCUT2D eigenvalue weighted by Crippen LogP contribution is -2.32. The first-order valence-electron chi connectivity index (χ1n) is 6.76. The van der Waals surface area contributed by atoms with Crippen molar-refractivity contribution in [2.45, 2.75) is 26.4 Å². The summed E-state index contributed by atoms with van der Waals surface area (Å²) in [6, 6.07) is 4.90. The molecule has 4 nitrogen and oxygen atoms in total. The van der Waals surface area contributed by atoms with Crippen LogP contribution in [0.5, 0.6) is 5.75 Å². The van der Waals surface area contributed by atoms with Gasteiger partial charge in [-0.15, -0.1) is 0 Å². The van der Waals surface area contributed by atoms with Crippen molar-refractivity contribution in [3.8, 4) is 5.75 Å². The van der Waals surface area contributed by atoms with Crippen molar-refractivity contribution < 1.29 is 18.3 Å². The predicted octanol–water partition coefficient (Wildman–Crippen LogP) is 3.66. The third-order valence-corrected chi connectivity index (χ3v) is 4.22. The molecule has 1 amide bonds. The summed E-state index contributed by atoms with van der Waals surface area (Å²) in [5, 5.41) is 0.485. The molecule has 1 saturated carbocycles. The molecule has 1 aromatic heterocycles. The topological polar surface area (TPSA) is 42.4 Å². The summed E-state index contributed by atoms with van der Waals surface area (Å²) in [4.78, 5) is 13.9. The van der Waals surface area contributed by atoms with Gasteiger partial charge in [0.2, 0.25) is 5.91 Å². The standard InChI is InChI=1S/C14H14F2N2O2S/c1-2-18(13(19)8-6-7-8)12-11-9(20-14(15)16)4-3-5-10(11)21-17-12/h3-5,8,14H,2,6-7H2,1H3. The highest BCUT2D eigenvalue weighted by Crippen LogP contribution is 2.40. The Balaban J connectivity index is 2.06. The molecule has 1 aliphatic rings. The minimum atomic E-state index is -2.91. The maximum absolute atomic E-state index is 12.5. The number of alkyl halides is 2. The van der Waals surface area contributed by atoms with E-state index in [1.54, 1.807) is 17.0 Å². The largest absolute Gasteiger partial charge is 0.434 e. The fraction of sp³-hybridized carbons (Fsp3) is 0.429. The van der Waals surface area contributed by atoms with Gasteiger partial charge in [0.05, 0.1) is 10.1 Å². The van der Waals surface area contributed by atoms with Crippen LogP contribution in [0.3, 0.4) is 0 Å². The zero-order chi connectivity index (χ0) is 15.0. The smallest absolute Gasteiger partial charge is 0.387 e. The Hall–Kier alpha value is -1.76. The van der Waals surface area contributed by atoms with E-state index in [1.165, 1.54) is 17.6 Å². The molecule has 3 rings (SSSR count). The second kappa shape index (κ2) is 5.55. The summed E-state index contributed by atoms with van der Waals surface area (Å²) >= 11 is 1.18. The summed E-state index contributed by atoms with van der Waals surface area (Å²) in [6.45, 7) is -0.600. The average Bonchev–Trinajstić information content (AvgIpc) is 3.21. The van der Waals surface area contributed by atoms with Gasteiger partial charge in [-0.3, -0.25) is 9.69 Å². The Morgan fingerprint density at radius 1 is 1.52 bits per heavy atom. The van der Waals surface area contributed by atoms with Crippen LogP contribution in [0.4, 0.5) is 14.6 Å². The molecular weight excluding hydrogens is 298 g/mol. The Morgan fingerprint density at radius 3 is 2.90 bits per heavy atom. The number of benzene rings is 1. The normalized spacial score (nSPS) is 14.7. The Morgan fingerprint density at radius 2 is 2.29 bits per heavy atom. The molecule has 1 fully saturated rings.